The highest BCUT2D eigenvalue weighted by molar-refractivity contribution is 8.00. The topological polar surface area (TPSA) is 99.0 Å². The highest BCUT2D eigenvalue weighted by Gasteiger charge is 2.23. The van der Waals surface area contributed by atoms with Crippen LogP contribution in [0.5, 0.6) is 5.75 Å². The van der Waals surface area contributed by atoms with Gasteiger partial charge >= 0.3 is 0 Å². The zero-order chi connectivity index (χ0) is 23.9. The predicted octanol–water partition coefficient (Wildman–Crippen LogP) is 3.95. The minimum absolute atomic E-state index is 0.177. The summed E-state index contributed by atoms with van der Waals surface area (Å²) < 4.78 is 6.83. The number of carbonyl (C=O) groups is 1. The summed E-state index contributed by atoms with van der Waals surface area (Å²) in [7, 11) is 1.58. The van der Waals surface area contributed by atoms with E-state index in [2.05, 4.69) is 20.3 Å². The number of methoxy groups -OCH3 is 1. The maximum atomic E-state index is 13.3. The Hall–Kier alpha value is -3.72. The molecule has 1 atom stereocenters. The van der Waals surface area contributed by atoms with Crippen molar-refractivity contribution in [2.24, 2.45) is 0 Å². The number of fused-ring (bicyclic) bond motifs is 1. The molecule has 1 amide bonds. The van der Waals surface area contributed by atoms with Gasteiger partial charge < -0.3 is 10.1 Å². The summed E-state index contributed by atoms with van der Waals surface area (Å²) >= 11 is 1.26. The second kappa shape index (κ2) is 10.9. The summed E-state index contributed by atoms with van der Waals surface area (Å²) in [5.41, 5.74) is 1.97. The third-order valence-corrected chi connectivity index (χ3v) is 6.63. The van der Waals surface area contributed by atoms with Crippen LogP contribution in [0.3, 0.4) is 0 Å². The number of carbonyl (C=O) groups excluding carboxylic acids is 1. The van der Waals surface area contributed by atoms with Crippen molar-refractivity contribution in [1.29, 1.82) is 0 Å². The number of ether oxygens (including phenoxy) is 1. The van der Waals surface area contributed by atoms with Crippen LogP contribution >= 0.6 is 11.8 Å². The average molecular weight is 476 g/mol. The molecule has 0 saturated carbocycles. The van der Waals surface area contributed by atoms with Crippen LogP contribution in [0.25, 0.3) is 11.2 Å². The molecule has 0 bridgehead atoms. The van der Waals surface area contributed by atoms with E-state index in [-0.39, 0.29) is 22.6 Å². The largest absolute Gasteiger partial charge is 0.497 e. The van der Waals surface area contributed by atoms with Crippen LogP contribution in [0.15, 0.2) is 76.9 Å². The molecule has 2 aromatic heterocycles. The van der Waals surface area contributed by atoms with Gasteiger partial charge in [0.25, 0.3) is 5.56 Å². The number of benzene rings is 2. The number of anilines is 1. The molecular formula is C25H25N5O3S. The molecule has 9 heteroatoms. The van der Waals surface area contributed by atoms with Gasteiger partial charge in [-0.2, -0.15) is 0 Å². The fourth-order valence-electron chi connectivity index (χ4n) is 3.47. The smallest absolute Gasteiger partial charge is 0.282 e. The van der Waals surface area contributed by atoms with Crippen molar-refractivity contribution in [2.45, 2.75) is 36.7 Å². The van der Waals surface area contributed by atoms with Crippen LogP contribution in [0.1, 0.15) is 18.9 Å². The van der Waals surface area contributed by atoms with Gasteiger partial charge in [0.15, 0.2) is 16.3 Å². The fraction of sp³-hybridized carbons (Fsp3) is 0.240. The monoisotopic (exact) mass is 475 g/mol. The molecule has 4 rings (SSSR count). The third-order valence-electron chi connectivity index (χ3n) is 5.27. The van der Waals surface area contributed by atoms with Crippen molar-refractivity contribution >= 4 is 34.5 Å². The van der Waals surface area contributed by atoms with Crippen molar-refractivity contribution in [3.05, 3.63) is 82.9 Å². The van der Waals surface area contributed by atoms with E-state index in [4.69, 9.17) is 4.74 Å². The molecule has 1 N–H and O–H groups in total. The quantitative estimate of drug-likeness (QED) is 0.289. The zero-order valence-electron chi connectivity index (χ0n) is 19.0. The molecule has 2 aromatic carbocycles. The van der Waals surface area contributed by atoms with E-state index < -0.39 is 5.25 Å². The number of aromatic nitrogens is 4. The van der Waals surface area contributed by atoms with E-state index in [0.29, 0.717) is 36.0 Å². The Morgan fingerprint density at radius 1 is 1.12 bits per heavy atom. The van der Waals surface area contributed by atoms with Crippen LogP contribution in [0, 0.1) is 0 Å². The van der Waals surface area contributed by atoms with Gasteiger partial charge in [-0.05, 0) is 30.5 Å². The minimum atomic E-state index is -0.463. The van der Waals surface area contributed by atoms with Gasteiger partial charge in [-0.3, -0.25) is 14.2 Å². The Kier molecular flexibility index (Phi) is 7.54. The first kappa shape index (κ1) is 23.4. The first-order chi connectivity index (χ1) is 16.6. The standard InChI is InChI=1S/C25H25N5O3S/c1-3-20(23(31)28-18-10-7-11-19(16-18)33-2)34-25-29-22-21(26-13-14-27-22)24(32)30(25)15-12-17-8-5-4-6-9-17/h4-11,13-14,16,20H,3,12,15H2,1-2H3,(H,28,31). The molecule has 0 radical (unpaired) electrons. The maximum Gasteiger partial charge on any atom is 0.282 e. The molecule has 8 nitrogen and oxygen atoms in total. The Balaban J connectivity index is 1.62. The highest BCUT2D eigenvalue weighted by atomic mass is 32.2. The van der Waals surface area contributed by atoms with E-state index in [1.165, 1.54) is 24.2 Å². The Morgan fingerprint density at radius 2 is 1.91 bits per heavy atom. The number of rotatable bonds is 9. The zero-order valence-corrected chi connectivity index (χ0v) is 19.8. The van der Waals surface area contributed by atoms with Gasteiger partial charge in [-0.15, -0.1) is 0 Å². The first-order valence-electron chi connectivity index (χ1n) is 11.0. The van der Waals surface area contributed by atoms with Gasteiger partial charge in [0.05, 0.1) is 12.4 Å². The Bertz CT molecular complexity index is 1340. The van der Waals surface area contributed by atoms with E-state index in [1.807, 2.05) is 49.4 Å². The predicted molar refractivity (Wildman–Crippen MR) is 133 cm³/mol. The van der Waals surface area contributed by atoms with E-state index in [1.54, 1.807) is 23.8 Å². The van der Waals surface area contributed by atoms with Crippen LogP contribution in [0.4, 0.5) is 5.69 Å². The van der Waals surface area contributed by atoms with Gasteiger partial charge in [-0.1, -0.05) is 55.1 Å². The minimum Gasteiger partial charge on any atom is -0.497 e. The lowest BCUT2D eigenvalue weighted by atomic mass is 10.1. The number of aryl methyl sites for hydroxylation is 1. The van der Waals surface area contributed by atoms with Crippen LogP contribution < -0.4 is 15.6 Å². The van der Waals surface area contributed by atoms with Crippen molar-refractivity contribution in [3.63, 3.8) is 0 Å². The van der Waals surface area contributed by atoms with Crippen molar-refractivity contribution in [2.75, 3.05) is 12.4 Å². The number of nitrogens with one attached hydrogen (secondary N) is 1. The number of hydrogen-bond acceptors (Lipinski definition) is 7. The lowest BCUT2D eigenvalue weighted by molar-refractivity contribution is -0.115. The average Bonchev–Trinajstić information content (AvgIpc) is 2.87. The summed E-state index contributed by atoms with van der Waals surface area (Å²) in [5.74, 6) is 0.479. The summed E-state index contributed by atoms with van der Waals surface area (Å²) in [6.07, 6.45) is 4.18. The molecule has 0 spiro atoms. The van der Waals surface area contributed by atoms with Gasteiger partial charge in [-0.25, -0.2) is 15.0 Å². The normalized spacial score (nSPS) is 11.8. The van der Waals surface area contributed by atoms with Crippen molar-refractivity contribution < 1.29 is 9.53 Å². The second-order valence-electron chi connectivity index (χ2n) is 7.55. The van der Waals surface area contributed by atoms with E-state index >= 15 is 0 Å². The second-order valence-corrected chi connectivity index (χ2v) is 8.72. The van der Waals surface area contributed by atoms with E-state index in [0.717, 1.165) is 5.56 Å². The summed E-state index contributed by atoms with van der Waals surface area (Å²) in [6.45, 7) is 2.34. The molecule has 0 fully saturated rings. The Morgan fingerprint density at radius 3 is 2.68 bits per heavy atom. The van der Waals surface area contributed by atoms with Gasteiger partial charge in [0.1, 0.15) is 5.75 Å². The lowest BCUT2D eigenvalue weighted by Crippen LogP contribution is -2.29. The SMILES string of the molecule is CCC(Sc1nc2nccnc2c(=O)n1CCc1ccccc1)C(=O)Nc1cccc(OC)c1. The van der Waals surface area contributed by atoms with E-state index in [9.17, 15) is 9.59 Å². The molecule has 0 saturated heterocycles. The van der Waals surface area contributed by atoms with Gasteiger partial charge in [0, 0.05) is 30.7 Å². The molecular weight excluding hydrogens is 450 g/mol. The highest BCUT2D eigenvalue weighted by Crippen LogP contribution is 2.26. The number of amides is 1. The van der Waals surface area contributed by atoms with Crippen molar-refractivity contribution in [1.82, 2.24) is 19.5 Å². The number of hydrogen-bond donors (Lipinski definition) is 1. The Labute approximate surface area is 201 Å². The molecule has 0 aliphatic carbocycles. The van der Waals surface area contributed by atoms with Gasteiger partial charge in [0.2, 0.25) is 5.91 Å². The van der Waals surface area contributed by atoms with Crippen LogP contribution in [0.2, 0.25) is 0 Å². The summed E-state index contributed by atoms with van der Waals surface area (Å²) in [6, 6.07) is 17.1. The molecule has 0 aliphatic rings. The summed E-state index contributed by atoms with van der Waals surface area (Å²) in [5, 5.41) is 2.92. The molecule has 174 valence electrons. The molecule has 34 heavy (non-hydrogen) atoms. The number of thioether (sulfide) groups is 1. The van der Waals surface area contributed by atoms with Crippen molar-refractivity contribution in [3.8, 4) is 5.75 Å². The molecule has 1 unspecified atom stereocenters. The van der Waals surface area contributed by atoms with Crippen LogP contribution in [-0.4, -0.2) is 37.8 Å². The molecule has 4 aromatic rings. The number of nitrogens with zero attached hydrogens (tertiary/aromatic N) is 4. The first-order valence-corrected chi connectivity index (χ1v) is 11.8. The summed E-state index contributed by atoms with van der Waals surface area (Å²) in [4.78, 5) is 39.3. The lowest BCUT2D eigenvalue weighted by Gasteiger charge is -2.18. The fourth-order valence-corrected chi connectivity index (χ4v) is 4.50. The molecule has 0 aliphatic heterocycles. The maximum absolute atomic E-state index is 13.3. The molecule has 2 heterocycles. The third kappa shape index (κ3) is 5.43. The van der Waals surface area contributed by atoms with Crippen LogP contribution in [-0.2, 0) is 17.8 Å².